The predicted octanol–water partition coefficient (Wildman–Crippen LogP) is 5.44. The Morgan fingerprint density at radius 3 is 2.50 bits per heavy atom. The second-order valence-electron chi connectivity index (χ2n) is 8.54. The summed E-state index contributed by atoms with van der Waals surface area (Å²) in [6, 6.07) is 20.3. The van der Waals surface area contributed by atoms with Crippen LogP contribution in [0, 0.1) is 0 Å². The highest BCUT2D eigenvalue weighted by atomic mass is 16.7. The van der Waals surface area contributed by atoms with Crippen molar-refractivity contribution in [3.8, 4) is 22.8 Å². The van der Waals surface area contributed by atoms with Crippen LogP contribution >= 0.6 is 0 Å². The molecule has 0 radical (unpaired) electrons. The van der Waals surface area contributed by atoms with Crippen molar-refractivity contribution < 1.29 is 14.3 Å². The molecule has 1 fully saturated rings. The van der Waals surface area contributed by atoms with Crippen LogP contribution in [0.2, 0.25) is 0 Å². The second-order valence-corrected chi connectivity index (χ2v) is 8.54. The van der Waals surface area contributed by atoms with Gasteiger partial charge in [-0.2, -0.15) is 0 Å². The first-order valence-electron chi connectivity index (χ1n) is 10.5. The smallest absolute Gasteiger partial charge is 0.231 e. The summed E-state index contributed by atoms with van der Waals surface area (Å²) in [6.07, 6.45) is 2.09. The van der Waals surface area contributed by atoms with Gasteiger partial charge in [-0.15, -0.1) is 0 Å². The van der Waals surface area contributed by atoms with Crippen LogP contribution in [0.1, 0.15) is 49.4 Å². The van der Waals surface area contributed by atoms with Gasteiger partial charge in [0.05, 0.1) is 11.1 Å². The number of aromatic nitrogens is 1. The number of carbonyl (C=O) groups excluding carboxylic acids is 1. The molecule has 2 aromatic carbocycles. The van der Waals surface area contributed by atoms with E-state index >= 15 is 0 Å². The third kappa shape index (κ3) is 3.36. The molecule has 1 aliphatic heterocycles. The molecule has 2 heterocycles. The molecule has 4 nitrogen and oxygen atoms in total. The molecule has 0 amide bonds. The van der Waals surface area contributed by atoms with Crippen LogP contribution in [0.3, 0.4) is 0 Å². The maximum atomic E-state index is 13.3. The second kappa shape index (κ2) is 7.28. The van der Waals surface area contributed by atoms with Crippen molar-refractivity contribution in [1.29, 1.82) is 0 Å². The lowest BCUT2D eigenvalue weighted by molar-refractivity contribution is -0.120. The fraction of sp³-hybridized carbons (Fsp3) is 0.308. The minimum Gasteiger partial charge on any atom is -0.454 e. The minimum absolute atomic E-state index is 0.223. The molecule has 0 saturated heterocycles. The minimum atomic E-state index is -0.405. The van der Waals surface area contributed by atoms with E-state index in [0.717, 1.165) is 46.9 Å². The number of hydrogen-bond acceptors (Lipinski definition) is 4. The summed E-state index contributed by atoms with van der Waals surface area (Å²) >= 11 is 0. The normalized spacial score (nSPS) is 16.0. The topological polar surface area (TPSA) is 48.4 Å². The molecule has 30 heavy (non-hydrogen) atoms. The first-order valence-corrected chi connectivity index (χ1v) is 10.5. The lowest BCUT2D eigenvalue weighted by atomic mass is 9.88. The van der Waals surface area contributed by atoms with Gasteiger partial charge in [-0.05, 0) is 54.2 Å². The van der Waals surface area contributed by atoms with E-state index in [9.17, 15) is 4.79 Å². The third-order valence-corrected chi connectivity index (χ3v) is 6.23. The summed E-state index contributed by atoms with van der Waals surface area (Å²) in [5.74, 6) is 2.21. The number of Topliss-reactive ketones (excluding diaryl/α,β-unsaturated/α-hetero) is 1. The molecule has 0 N–H and O–H groups in total. The van der Waals surface area contributed by atoms with Crippen molar-refractivity contribution in [3.05, 3.63) is 77.5 Å². The summed E-state index contributed by atoms with van der Waals surface area (Å²) in [5, 5.41) is 0. The molecular formula is C26H25NO3. The van der Waals surface area contributed by atoms with Gasteiger partial charge in [-0.25, -0.2) is 0 Å². The fourth-order valence-electron chi connectivity index (χ4n) is 4.16. The van der Waals surface area contributed by atoms with Crippen molar-refractivity contribution in [1.82, 2.24) is 4.98 Å². The van der Waals surface area contributed by atoms with Crippen LogP contribution in [0.25, 0.3) is 11.3 Å². The van der Waals surface area contributed by atoms with Crippen LogP contribution in [0.5, 0.6) is 11.5 Å². The molecule has 1 aromatic heterocycles. The molecule has 1 aliphatic carbocycles. The zero-order chi connectivity index (χ0) is 20.7. The Hall–Kier alpha value is -3.14. The van der Waals surface area contributed by atoms with Crippen LogP contribution in [0.4, 0.5) is 0 Å². The number of rotatable bonds is 6. The van der Waals surface area contributed by atoms with Gasteiger partial charge in [-0.1, -0.05) is 50.2 Å². The van der Waals surface area contributed by atoms with E-state index in [-0.39, 0.29) is 12.6 Å². The quantitative estimate of drug-likeness (QED) is 0.553. The zero-order valence-electron chi connectivity index (χ0n) is 17.4. The average Bonchev–Trinajstić information content (AvgIpc) is 3.45. The summed E-state index contributed by atoms with van der Waals surface area (Å²) in [4.78, 5) is 18.0. The average molecular weight is 399 g/mol. The van der Waals surface area contributed by atoms with Crippen LogP contribution < -0.4 is 9.47 Å². The van der Waals surface area contributed by atoms with Crippen molar-refractivity contribution in [2.45, 2.75) is 44.4 Å². The molecule has 5 rings (SSSR count). The molecule has 0 bridgehead atoms. The number of ether oxygens (including phenoxy) is 2. The first-order chi connectivity index (χ1) is 14.5. The van der Waals surface area contributed by atoms with Crippen LogP contribution in [-0.4, -0.2) is 17.6 Å². The van der Waals surface area contributed by atoms with Crippen LogP contribution in [0.15, 0.2) is 60.7 Å². The molecule has 0 atom stereocenters. The van der Waals surface area contributed by atoms with Crippen LogP contribution in [-0.2, 0) is 16.6 Å². The standard InChI is InChI=1S/C26H25NO3/c1-17(2)18-6-8-19(9-7-18)22-5-3-4-21(27-22)15-25(28)26(12-13-26)20-10-11-23-24(14-20)30-16-29-23/h3-11,14,17H,12-13,15-16H2,1-2H3. The van der Waals surface area contributed by atoms with E-state index < -0.39 is 5.41 Å². The Balaban J connectivity index is 1.36. The maximum absolute atomic E-state index is 13.3. The van der Waals surface area contributed by atoms with Gasteiger partial charge in [0.15, 0.2) is 11.5 Å². The molecule has 0 unspecified atom stereocenters. The number of fused-ring (bicyclic) bond motifs is 1. The predicted molar refractivity (Wildman–Crippen MR) is 116 cm³/mol. The summed E-state index contributed by atoms with van der Waals surface area (Å²) in [6.45, 7) is 4.62. The van der Waals surface area contributed by atoms with Crippen molar-refractivity contribution in [2.24, 2.45) is 0 Å². The molecular weight excluding hydrogens is 374 g/mol. The van der Waals surface area contributed by atoms with E-state index in [1.165, 1.54) is 5.56 Å². The number of benzene rings is 2. The molecule has 1 saturated carbocycles. The fourth-order valence-corrected chi connectivity index (χ4v) is 4.16. The number of ketones is 1. The summed E-state index contributed by atoms with van der Waals surface area (Å²) in [7, 11) is 0. The van der Waals surface area contributed by atoms with E-state index in [0.29, 0.717) is 12.3 Å². The van der Waals surface area contributed by atoms with Gasteiger partial charge >= 0.3 is 0 Å². The van der Waals surface area contributed by atoms with Gasteiger partial charge in [0.2, 0.25) is 6.79 Å². The van der Waals surface area contributed by atoms with E-state index in [1.807, 2.05) is 36.4 Å². The Morgan fingerprint density at radius 2 is 1.77 bits per heavy atom. The van der Waals surface area contributed by atoms with E-state index in [1.54, 1.807) is 0 Å². The van der Waals surface area contributed by atoms with Gasteiger partial charge in [0, 0.05) is 17.7 Å². The number of carbonyl (C=O) groups is 1. The summed E-state index contributed by atoms with van der Waals surface area (Å²) < 4.78 is 10.9. The largest absolute Gasteiger partial charge is 0.454 e. The number of pyridine rings is 1. The van der Waals surface area contributed by atoms with E-state index in [2.05, 4.69) is 38.1 Å². The molecule has 0 spiro atoms. The first kappa shape index (κ1) is 18.9. The highest BCUT2D eigenvalue weighted by Gasteiger charge is 2.50. The van der Waals surface area contributed by atoms with Gasteiger partial charge in [0.1, 0.15) is 5.78 Å². The Bertz CT molecular complexity index is 1100. The third-order valence-electron chi connectivity index (χ3n) is 6.23. The molecule has 152 valence electrons. The summed E-state index contributed by atoms with van der Waals surface area (Å²) in [5.41, 5.74) is 4.73. The van der Waals surface area contributed by atoms with E-state index in [4.69, 9.17) is 14.5 Å². The molecule has 4 heteroatoms. The number of hydrogen-bond donors (Lipinski definition) is 0. The zero-order valence-corrected chi connectivity index (χ0v) is 17.4. The monoisotopic (exact) mass is 399 g/mol. The van der Waals surface area contributed by atoms with Gasteiger partial charge in [-0.3, -0.25) is 9.78 Å². The highest BCUT2D eigenvalue weighted by Crippen LogP contribution is 2.51. The Labute approximate surface area is 176 Å². The van der Waals surface area contributed by atoms with Gasteiger partial charge < -0.3 is 9.47 Å². The van der Waals surface area contributed by atoms with Crippen molar-refractivity contribution in [2.75, 3.05) is 6.79 Å². The maximum Gasteiger partial charge on any atom is 0.231 e. The van der Waals surface area contributed by atoms with Crippen molar-refractivity contribution >= 4 is 5.78 Å². The Morgan fingerprint density at radius 1 is 1.00 bits per heavy atom. The highest BCUT2D eigenvalue weighted by molar-refractivity contribution is 5.94. The lowest BCUT2D eigenvalue weighted by Crippen LogP contribution is -2.23. The molecule has 3 aromatic rings. The lowest BCUT2D eigenvalue weighted by Gasteiger charge is -2.15. The number of nitrogens with zero attached hydrogens (tertiary/aromatic N) is 1. The Kier molecular flexibility index (Phi) is 4.58. The molecule has 2 aliphatic rings. The van der Waals surface area contributed by atoms with Gasteiger partial charge in [0.25, 0.3) is 0 Å². The SMILES string of the molecule is CC(C)c1ccc(-c2cccc(CC(=O)C3(c4ccc5c(c4)OCO5)CC3)n2)cc1. The van der Waals surface area contributed by atoms with Crippen molar-refractivity contribution in [3.63, 3.8) is 0 Å².